The Morgan fingerprint density at radius 1 is 1.26 bits per heavy atom. The predicted molar refractivity (Wildman–Crippen MR) is 112 cm³/mol. The Morgan fingerprint density at radius 3 is 2.52 bits per heavy atom. The van der Waals surface area contributed by atoms with E-state index in [2.05, 4.69) is 57.0 Å². The molecule has 1 fully saturated rings. The van der Waals surface area contributed by atoms with Crippen molar-refractivity contribution in [3.8, 4) is 0 Å². The van der Waals surface area contributed by atoms with Gasteiger partial charge in [-0.1, -0.05) is 24.3 Å². The van der Waals surface area contributed by atoms with Gasteiger partial charge in [0.25, 0.3) is 0 Å². The number of guanidine groups is 1. The molecule has 6 nitrogen and oxygen atoms in total. The molecule has 1 aromatic carbocycles. The van der Waals surface area contributed by atoms with Gasteiger partial charge in [0, 0.05) is 46.3 Å². The van der Waals surface area contributed by atoms with Crippen molar-refractivity contribution >= 4 is 11.9 Å². The van der Waals surface area contributed by atoms with E-state index >= 15 is 0 Å². The first-order valence-corrected chi connectivity index (χ1v) is 9.82. The molecular weight excluding hydrogens is 338 g/mol. The summed E-state index contributed by atoms with van der Waals surface area (Å²) in [5.41, 5.74) is 2.29. The van der Waals surface area contributed by atoms with E-state index in [0.29, 0.717) is 12.6 Å². The minimum absolute atomic E-state index is 0.0231. The molecule has 0 atom stereocenters. The summed E-state index contributed by atoms with van der Waals surface area (Å²) in [7, 11) is 3.44. The number of nitrogens with one attached hydrogen (secondary N) is 3. The standard InChI is InChI=1S/C21H35N5O/c1-16-8-6-7-9-17(16)14-26-12-10-18(11-13-26)25-20(23-5)24-15-21(2,3)19(27)22-4/h6-9,18H,10-15H2,1-5H3,(H,22,27)(H2,23,24,25). The second kappa shape index (κ2) is 9.74. The van der Waals surface area contributed by atoms with Crippen LogP contribution in [0.25, 0.3) is 0 Å². The Labute approximate surface area is 163 Å². The van der Waals surface area contributed by atoms with Crippen molar-refractivity contribution in [1.82, 2.24) is 20.9 Å². The molecule has 6 heteroatoms. The smallest absolute Gasteiger partial charge is 0.227 e. The molecule has 1 aromatic rings. The van der Waals surface area contributed by atoms with Crippen LogP contribution in [0.15, 0.2) is 29.3 Å². The zero-order valence-corrected chi connectivity index (χ0v) is 17.4. The zero-order valence-electron chi connectivity index (χ0n) is 17.4. The van der Waals surface area contributed by atoms with Crippen LogP contribution in [0, 0.1) is 12.3 Å². The first kappa shape index (κ1) is 21.2. The summed E-state index contributed by atoms with van der Waals surface area (Å²) in [6.45, 7) is 9.75. The maximum absolute atomic E-state index is 11.9. The Bertz CT molecular complexity index is 648. The van der Waals surface area contributed by atoms with Gasteiger partial charge in [-0.05, 0) is 44.7 Å². The van der Waals surface area contributed by atoms with E-state index in [9.17, 15) is 4.79 Å². The normalized spacial score (nSPS) is 16.9. The number of carbonyl (C=O) groups excluding carboxylic acids is 1. The monoisotopic (exact) mass is 373 g/mol. The Hall–Kier alpha value is -2.08. The molecule has 27 heavy (non-hydrogen) atoms. The first-order valence-electron chi connectivity index (χ1n) is 9.82. The molecule has 3 N–H and O–H groups in total. The van der Waals surface area contributed by atoms with E-state index in [0.717, 1.165) is 38.4 Å². The molecule has 0 radical (unpaired) electrons. The number of carbonyl (C=O) groups is 1. The summed E-state index contributed by atoms with van der Waals surface area (Å²) in [5, 5.41) is 9.52. The summed E-state index contributed by atoms with van der Waals surface area (Å²) in [6, 6.07) is 9.03. The maximum Gasteiger partial charge on any atom is 0.227 e. The zero-order chi connectivity index (χ0) is 19.9. The highest BCUT2D eigenvalue weighted by Gasteiger charge is 2.27. The number of hydrogen-bond acceptors (Lipinski definition) is 3. The molecular formula is C21H35N5O. The predicted octanol–water partition coefficient (Wildman–Crippen LogP) is 1.90. The van der Waals surface area contributed by atoms with E-state index in [1.807, 2.05) is 13.8 Å². The number of rotatable bonds is 6. The number of hydrogen-bond donors (Lipinski definition) is 3. The minimum atomic E-state index is -0.483. The van der Waals surface area contributed by atoms with Gasteiger partial charge in [-0.3, -0.25) is 14.7 Å². The van der Waals surface area contributed by atoms with Gasteiger partial charge < -0.3 is 16.0 Å². The number of nitrogens with zero attached hydrogens (tertiary/aromatic N) is 2. The van der Waals surface area contributed by atoms with Crippen molar-refractivity contribution in [3.05, 3.63) is 35.4 Å². The van der Waals surface area contributed by atoms with Crippen LogP contribution in [0.3, 0.4) is 0 Å². The van der Waals surface area contributed by atoms with E-state index < -0.39 is 5.41 Å². The van der Waals surface area contributed by atoms with Crippen LogP contribution in [-0.2, 0) is 11.3 Å². The lowest BCUT2D eigenvalue weighted by molar-refractivity contribution is -0.128. The number of aryl methyl sites for hydroxylation is 1. The van der Waals surface area contributed by atoms with Crippen LogP contribution in [0.2, 0.25) is 0 Å². The van der Waals surface area contributed by atoms with Crippen molar-refractivity contribution in [1.29, 1.82) is 0 Å². The summed E-state index contributed by atoms with van der Waals surface area (Å²) in [6.07, 6.45) is 2.18. The summed E-state index contributed by atoms with van der Waals surface area (Å²) >= 11 is 0. The van der Waals surface area contributed by atoms with Gasteiger partial charge in [0.15, 0.2) is 5.96 Å². The molecule has 150 valence electrons. The third kappa shape index (κ3) is 6.24. The highest BCUT2D eigenvalue weighted by molar-refractivity contribution is 5.84. The molecule has 0 spiro atoms. The van der Waals surface area contributed by atoms with Crippen LogP contribution in [-0.4, -0.2) is 56.5 Å². The molecule has 1 heterocycles. The van der Waals surface area contributed by atoms with Crippen molar-refractivity contribution in [3.63, 3.8) is 0 Å². The fraction of sp³-hybridized carbons (Fsp3) is 0.619. The molecule has 0 saturated carbocycles. The largest absolute Gasteiger partial charge is 0.359 e. The Balaban J connectivity index is 1.78. The minimum Gasteiger partial charge on any atom is -0.359 e. The van der Waals surface area contributed by atoms with Gasteiger partial charge >= 0.3 is 0 Å². The molecule has 0 bridgehead atoms. The van der Waals surface area contributed by atoms with Crippen LogP contribution in [0.5, 0.6) is 0 Å². The molecule has 0 unspecified atom stereocenters. The molecule has 2 rings (SSSR count). The molecule has 1 saturated heterocycles. The number of amides is 1. The maximum atomic E-state index is 11.9. The highest BCUT2D eigenvalue weighted by Crippen LogP contribution is 2.16. The molecule has 1 aliphatic rings. The van der Waals surface area contributed by atoms with E-state index in [1.165, 1.54) is 11.1 Å². The van der Waals surface area contributed by atoms with E-state index in [1.54, 1.807) is 14.1 Å². The van der Waals surface area contributed by atoms with Gasteiger partial charge in [0.1, 0.15) is 0 Å². The Kier molecular flexibility index (Phi) is 7.66. The SMILES string of the molecule is CN=C(NCC(C)(C)C(=O)NC)NC1CCN(Cc2ccccc2C)CC1. The number of likely N-dealkylation sites (tertiary alicyclic amines) is 1. The lowest BCUT2D eigenvalue weighted by Crippen LogP contribution is -2.51. The van der Waals surface area contributed by atoms with Crippen LogP contribution < -0.4 is 16.0 Å². The fourth-order valence-electron chi connectivity index (χ4n) is 3.38. The number of aliphatic imine (C=N–C) groups is 1. The second-order valence-corrected chi connectivity index (χ2v) is 8.01. The average molecular weight is 374 g/mol. The molecule has 1 amide bonds. The molecule has 0 aromatic heterocycles. The van der Waals surface area contributed by atoms with Crippen molar-refractivity contribution < 1.29 is 4.79 Å². The number of benzene rings is 1. The highest BCUT2D eigenvalue weighted by atomic mass is 16.2. The summed E-state index contributed by atoms with van der Waals surface area (Å²) in [5.74, 6) is 0.791. The average Bonchev–Trinajstić information content (AvgIpc) is 2.67. The summed E-state index contributed by atoms with van der Waals surface area (Å²) in [4.78, 5) is 18.8. The van der Waals surface area contributed by atoms with Crippen molar-refractivity contribution in [2.24, 2.45) is 10.4 Å². The van der Waals surface area contributed by atoms with Crippen molar-refractivity contribution in [2.75, 3.05) is 33.7 Å². The van der Waals surface area contributed by atoms with Crippen LogP contribution >= 0.6 is 0 Å². The quantitative estimate of drug-likeness (QED) is 0.526. The topological polar surface area (TPSA) is 68.8 Å². The lowest BCUT2D eigenvalue weighted by atomic mass is 9.92. The van der Waals surface area contributed by atoms with E-state index in [4.69, 9.17) is 0 Å². The third-order valence-electron chi connectivity index (χ3n) is 5.35. The second-order valence-electron chi connectivity index (χ2n) is 8.01. The van der Waals surface area contributed by atoms with Gasteiger partial charge in [0.05, 0.1) is 5.41 Å². The van der Waals surface area contributed by atoms with Gasteiger partial charge in [-0.25, -0.2) is 0 Å². The van der Waals surface area contributed by atoms with E-state index in [-0.39, 0.29) is 5.91 Å². The van der Waals surface area contributed by atoms with Crippen molar-refractivity contribution in [2.45, 2.75) is 46.2 Å². The lowest BCUT2D eigenvalue weighted by Gasteiger charge is -2.33. The Morgan fingerprint density at radius 2 is 1.93 bits per heavy atom. The fourth-order valence-corrected chi connectivity index (χ4v) is 3.38. The van der Waals surface area contributed by atoms with Crippen LogP contribution in [0.1, 0.15) is 37.8 Å². The van der Waals surface area contributed by atoms with Gasteiger partial charge in [0.2, 0.25) is 5.91 Å². The van der Waals surface area contributed by atoms with Gasteiger partial charge in [-0.15, -0.1) is 0 Å². The molecule has 0 aliphatic carbocycles. The first-order chi connectivity index (χ1) is 12.9. The molecule has 1 aliphatic heterocycles. The summed E-state index contributed by atoms with van der Waals surface area (Å²) < 4.78 is 0. The third-order valence-corrected chi connectivity index (χ3v) is 5.35. The number of piperidine rings is 1. The van der Waals surface area contributed by atoms with Gasteiger partial charge in [-0.2, -0.15) is 0 Å². The van der Waals surface area contributed by atoms with Crippen LogP contribution in [0.4, 0.5) is 0 Å².